The number of nitrogens with zero attached hydrogens (tertiary/aromatic N) is 1. The summed E-state index contributed by atoms with van der Waals surface area (Å²) in [7, 11) is 0. The van der Waals surface area contributed by atoms with Gasteiger partial charge in [0.2, 0.25) is 0 Å². The van der Waals surface area contributed by atoms with Crippen LogP contribution in [0.2, 0.25) is 0 Å². The van der Waals surface area contributed by atoms with Gasteiger partial charge in [-0.05, 0) is 41.8 Å². The lowest BCUT2D eigenvalue weighted by Gasteiger charge is -2.18. The molecule has 0 fully saturated rings. The molecule has 1 amide bonds. The number of benzene rings is 2. The van der Waals surface area contributed by atoms with Gasteiger partial charge in [0, 0.05) is 12.2 Å². The van der Waals surface area contributed by atoms with Crippen LogP contribution in [0.5, 0.6) is 5.75 Å². The molecule has 2 rings (SSSR count). The summed E-state index contributed by atoms with van der Waals surface area (Å²) < 4.78 is 5.33. The van der Waals surface area contributed by atoms with E-state index in [1.165, 1.54) is 4.90 Å². The number of carbonyl (C=O) groups is 1. The Morgan fingerprint density at radius 2 is 1.68 bits per heavy atom. The van der Waals surface area contributed by atoms with Crippen LogP contribution < -0.4 is 9.64 Å². The van der Waals surface area contributed by atoms with Crippen LogP contribution in [-0.2, 0) is 0 Å². The van der Waals surface area contributed by atoms with Crippen LogP contribution in [0.1, 0.15) is 24.5 Å². The molecule has 0 atom stereocenters. The summed E-state index contributed by atoms with van der Waals surface area (Å²) in [6.07, 6.45) is 8.96. The van der Waals surface area contributed by atoms with Crippen molar-refractivity contribution in [1.29, 1.82) is 0 Å². The van der Waals surface area contributed by atoms with Crippen LogP contribution in [0.4, 0.5) is 10.5 Å². The van der Waals surface area contributed by atoms with Crippen molar-refractivity contribution in [2.45, 2.75) is 13.3 Å². The van der Waals surface area contributed by atoms with E-state index in [4.69, 9.17) is 11.2 Å². The highest BCUT2D eigenvalue weighted by atomic mass is 16.5. The first kappa shape index (κ1) is 18.2. The quantitative estimate of drug-likeness (QED) is 0.586. The van der Waals surface area contributed by atoms with E-state index in [-0.39, 0.29) is 6.61 Å². The van der Waals surface area contributed by atoms with Crippen molar-refractivity contribution >= 4 is 23.9 Å². The summed E-state index contributed by atoms with van der Waals surface area (Å²) in [5.74, 6) is 3.17. The van der Waals surface area contributed by atoms with E-state index in [1.807, 2.05) is 67.6 Å². The molecule has 0 aliphatic carbocycles. The van der Waals surface area contributed by atoms with Crippen molar-refractivity contribution in [3.05, 3.63) is 59.7 Å². The van der Waals surface area contributed by atoms with E-state index in [0.29, 0.717) is 12.2 Å². The Balaban J connectivity index is 2.04. The third-order valence-corrected chi connectivity index (χ3v) is 3.55. The lowest BCUT2D eigenvalue weighted by Crippen LogP contribution is -2.29. The lowest BCUT2D eigenvalue weighted by molar-refractivity contribution is 0.202. The van der Waals surface area contributed by atoms with Gasteiger partial charge in [-0.25, -0.2) is 4.79 Å². The minimum Gasteiger partial charge on any atom is -0.481 e. The van der Waals surface area contributed by atoms with E-state index in [9.17, 15) is 9.90 Å². The van der Waals surface area contributed by atoms with Gasteiger partial charge in [-0.1, -0.05) is 49.3 Å². The number of hydrogen-bond acceptors (Lipinski definition) is 2. The molecule has 0 saturated carbocycles. The Bertz CT molecular complexity index is 755. The molecule has 0 radical (unpaired) electrons. The highest BCUT2D eigenvalue weighted by molar-refractivity contribution is 5.86. The first-order valence-electron chi connectivity index (χ1n) is 8.09. The number of terminal acetylenes is 1. The zero-order valence-corrected chi connectivity index (χ0v) is 14.2. The smallest absolute Gasteiger partial charge is 0.411 e. The average Bonchev–Trinajstić information content (AvgIpc) is 2.64. The van der Waals surface area contributed by atoms with Gasteiger partial charge >= 0.3 is 6.09 Å². The fourth-order valence-corrected chi connectivity index (χ4v) is 2.32. The number of ether oxygens (including phenoxy) is 1. The van der Waals surface area contributed by atoms with Gasteiger partial charge in [0.1, 0.15) is 12.4 Å². The van der Waals surface area contributed by atoms with Crippen molar-refractivity contribution in [3.63, 3.8) is 0 Å². The molecule has 4 nitrogen and oxygen atoms in total. The molecule has 128 valence electrons. The minimum absolute atomic E-state index is 0.257. The van der Waals surface area contributed by atoms with Crippen LogP contribution in [0.15, 0.2) is 48.5 Å². The Labute approximate surface area is 148 Å². The molecule has 0 bridgehead atoms. The number of rotatable bonds is 7. The maximum atomic E-state index is 11.3. The Morgan fingerprint density at radius 3 is 2.16 bits per heavy atom. The predicted octanol–water partition coefficient (Wildman–Crippen LogP) is 4.76. The number of anilines is 1. The van der Waals surface area contributed by atoms with Gasteiger partial charge in [0.05, 0.1) is 0 Å². The molecule has 25 heavy (non-hydrogen) atoms. The summed E-state index contributed by atoms with van der Waals surface area (Å²) >= 11 is 0. The van der Waals surface area contributed by atoms with E-state index < -0.39 is 6.09 Å². The summed E-state index contributed by atoms with van der Waals surface area (Å²) in [5.41, 5.74) is 2.72. The van der Waals surface area contributed by atoms with Crippen molar-refractivity contribution in [1.82, 2.24) is 0 Å². The van der Waals surface area contributed by atoms with Crippen LogP contribution >= 0.6 is 0 Å². The molecular formula is C21H21NO3. The van der Waals surface area contributed by atoms with Crippen molar-refractivity contribution < 1.29 is 14.6 Å². The number of amides is 1. The third kappa shape index (κ3) is 5.43. The summed E-state index contributed by atoms with van der Waals surface area (Å²) in [6, 6.07) is 15.1. The predicted molar refractivity (Wildman–Crippen MR) is 102 cm³/mol. The standard InChI is InChI=1S/C21H21NO3/c1-3-15-22(21(23)24)19-11-7-17(8-12-19)5-6-18-9-13-20(14-10-18)25-16-4-2/h2,5-14H,3,15-16H2,1H3,(H,23,24). The Kier molecular flexibility index (Phi) is 6.67. The lowest BCUT2D eigenvalue weighted by atomic mass is 10.1. The van der Waals surface area contributed by atoms with Gasteiger partial charge in [0.25, 0.3) is 0 Å². The molecule has 4 heteroatoms. The summed E-state index contributed by atoms with van der Waals surface area (Å²) in [5, 5.41) is 9.25. The molecule has 0 aromatic heterocycles. The van der Waals surface area contributed by atoms with E-state index in [2.05, 4.69) is 5.92 Å². The number of hydrogen-bond donors (Lipinski definition) is 1. The first-order chi connectivity index (χ1) is 12.1. The molecule has 0 unspecified atom stereocenters. The molecule has 0 aliphatic rings. The van der Waals surface area contributed by atoms with Crippen molar-refractivity contribution in [3.8, 4) is 18.1 Å². The molecular weight excluding hydrogens is 314 g/mol. The monoisotopic (exact) mass is 335 g/mol. The maximum absolute atomic E-state index is 11.3. The van der Waals surface area contributed by atoms with Gasteiger partial charge in [-0.3, -0.25) is 4.90 Å². The molecule has 2 aromatic rings. The zero-order chi connectivity index (χ0) is 18.1. The van der Waals surface area contributed by atoms with Gasteiger partial charge in [-0.2, -0.15) is 0 Å². The van der Waals surface area contributed by atoms with Crippen LogP contribution in [0.3, 0.4) is 0 Å². The normalized spacial score (nSPS) is 10.4. The van der Waals surface area contributed by atoms with E-state index in [1.54, 1.807) is 0 Å². The largest absolute Gasteiger partial charge is 0.481 e. The average molecular weight is 335 g/mol. The van der Waals surface area contributed by atoms with Gasteiger partial charge < -0.3 is 9.84 Å². The third-order valence-electron chi connectivity index (χ3n) is 3.55. The SMILES string of the molecule is C#CCOc1ccc(C=Cc2ccc(N(CCC)C(=O)O)cc2)cc1. The van der Waals surface area contributed by atoms with Gasteiger partial charge in [0.15, 0.2) is 0 Å². The summed E-state index contributed by atoms with van der Waals surface area (Å²) in [4.78, 5) is 12.6. The fraction of sp³-hybridized carbons (Fsp3) is 0.190. The summed E-state index contributed by atoms with van der Waals surface area (Å²) in [6.45, 7) is 2.70. The number of carboxylic acid groups (broad SMARTS) is 1. The van der Waals surface area contributed by atoms with E-state index in [0.717, 1.165) is 23.3 Å². The van der Waals surface area contributed by atoms with E-state index >= 15 is 0 Å². The topological polar surface area (TPSA) is 49.8 Å². The van der Waals surface area contributed by atoms with Crippen LogP contribution in [0, 0.1) is 12.3 Å². The fourth-order valence-electron chi connectivity index (χ4n) is 2.32. The van der Waals surface area contributed by atoms with Crippen LogP contribution in [-0.4, -0.2) is 24.4 Å². The highest BCUT2D eigenvalue weighted by Crippen LogP contribution is 2.18. The molecule has 0 saturated heterocycles. The molecule has 0 spiro atoms. The maximum Gasteiger partial charge on any atom is 0.411 e. The van der Waals surface area contributed by atoms with Crippen molar-refractivity contribution in [2.24, 2.45) is 0 Å². The second kappa shape index (κ2) is 9.19. The second-order valence-electron chi connectivity index (χ2n) is 5.42. The Morgan fingerprint density at radius 1 is 1.12 bits per heavy atom. The Hall–Kier alpha value is -3.19. The highest BCUT2D eigenvalue weighted by Gasteiger charge is 2.12. The van der Waals surface area contributed by atoms with Gasteiger partial charge in [-0.15, -0.1) is 6.42 Å². The minimum atomic E-state index is -0.933. The van der Waals surface area contributed by atoms with Crippen LogP contribution in [0.25, 0.3) is 12.2 Å². The second-order valence-corrected chi connectivity index (χ2v) is 5.42. The molecule has 0 heterocycles. The molecule has 2 aromatic carbocycles. The van der Waals surface area contributed by atoms with Crippen molar-refractivity contribution in [2.75, 3.05) is 18.1 Å². The molecule has 1 N–H and O–H groups in total. The zero-order valence-electron chi connectivity index (χ0n) is 14.2. The molecule has 0 aliphatic heterocycles. The first-order valence-corrected chi connectivity index (χ1v) is 8.09.